The first-order valence-electron chi connectivity index (χ1n) is 6.33. The highest BCUT2D eigenvalue weighted by Gasteiger charge is 2.04. The van der Waals surface area contributed by atoms with Crippen molar-refractivity contribution < 1.29 is 23.9 Å². The van der Waals surface area contributed by atoms with Crippen LogP contribution in [0.25, 0.3) is 0 Å². The van der Waals surface area contributed by atoms with Crippen LogP contribution >= 0.6 is 15.9 Å². The Balaban J connectivity index is 2.26. The monoisotopic (exact) mass is 370 g/mol. The molecule has 1 aromatic rings. The molecule has 0 heterocycles. The van der Waals surface area contributed by atoms with E-state index in [1.54, 1.807) is 31.2 Å². The molecule has 0 saturated carbocycles. The van der Waals surface area contributed by atoms with E-state index in [0.717, 1.165) is 16.6 Å². The minimum absolute atomic E-state index is 0.217. The second-order valence-corrected chi connectivity index (χ2v) is 4.78. The zero-order valence-electron chi connectivity index (χ0n) is 11.8. The molecule has 22 heavy (non-hydrogen) atoms. The highest BCUT2D eigenvalue weighted by molar-refractivity contribution is 9.10. The largest absolute Gasteiger partial charge is 0.484 e. The average Bonchev–Trinajstić information content (AvgIpc) is 2.50. The molecule has 0 unspecified atom stereocenters. The van der Waals surface area contributed by atoms with Gasteiger partial charge in [-0.2, -0.15) is 0 Å². The minimum atomic E-state index is -0.662. The fraction of sp³-hybridized carbons (Fsp3) is 0.214. The van der Waals surface area contributed by atoms with Gasteiger partial charge in [-0.05, 0) is 31.2 Å². The van der Waals surface area contributed by atoms with E-state index in [2.05, 4.69) is 31.5 Å². The summed E-state index contributed by atoms with van der Waals surface area (Å²) in [6.07, 6.45) is 1.91. The van der Waals surface area contributed by atoms with Gasteiger partial charge in [0.25, 0.3) is 11.8 Å². The molecule has 0 aromatic heterocycles. The van der Waals surface area contributed by atoms with Crippen LogP contribution in [0.3, 0.4) is 0 Å². The quantitative estimate of drug-likeness (QED) is 0.444. The van der Waals surface area contributed by atoms with Gasteiger partial charge >= 0.3 is 5.97 Å². The number of carbonyl (C=O) groups is 3. The van der Waals surface area contributed by atoms with Crippen molar-refractivity contribution in [1.82, 2.24) is 10.9 Å². The van der Waals surface area contributed by atoms with Crippen molar-refractivity contribution in [2.75, 3.05) is 13.2 Å². The Labute approximate surface area is 135 Å². The minimum Gasteiger partial charge on any atom is -0.484 e. The van der Waals surface area contributed by atoms with E-state index < -0.39 is 17.8 Å². The van der Waals surface area contributed by atoms with E-state index in [-0.39, 0.29) is 13.2 Å². The molecule has 7 nitrogen and oxygen atoms in total. The zero-order valence-corrected chi connectivity index (χ0v) is 13.4. The van der Waals surface area contributed by atoms with Crippen LogP contribution in [0.15, 0.2) is 40.9 Å². The van der Waals surface area contributed by atoms with Gasteiger partial charge in [0.15, 0.2) is 6.61 Å². The number of nitrogens with one attached hydrogen (secondary N) is 2. The highest BCUT2D eigenvalue weighted by Crippen LogP contribution is 2.15. The lowest BCUT2D eigenvalue weighted by Gasteiger charge is -2.07. The molecule has 1 rings (SSSR count). The van der Waals surface area contributed by atoms with Crippen LogP contribution in [0, 0.1) is 0 Å². The summed E-state index contributed by atoms with van der Waals surface area (Å²) < 4.78 is 10.7. The molecule has 1 aromatic carbocycles. The van der Waals surface area contributed by atoms with E-state index >= 15 is 0 Å². The molecular weight excluding hydrogens is 356 g/mol. The van der Waals surface area contributed by atoms with Crippen LogP contribution in [0.4, 0.5) is 0 Å². The molecule has 0 fully saturated rings. The van der Waals surface area contributed by atoms with Gasteiger partial charge in [-0.15, -0.1) is 0 Å². The third-order valence-electron chi connectivity index (χ3n) is 2.17. The highest BCUT2D eigenvalue weighted by atomic mass is 79.9. The molecule has 0 bridgehead atoms. The third kappa shape index (κ3) is 7.44. The Bertz CT molecular complexity index is 557. The SMILES string of the molecule is CCOC(=O)/C=C/C(=O)NNC(=O)COc1ccc(Br)cc1. The predicted octanol–water partition coefficient (Wildman–Crippen LogP) is 1.09. The molecule has 0 atom stereocenters. The van der Waals surface area contributed by atoms with Gasteiger partial charge in [-0.1, -0.05) is 15.9 Å². The second-order valence-electron chi connectivity index (χ2n) is 3.87. The first-order valence-corrected chi connectivity index (χ1v) is 7.12. The van der Waals surface area contributed by atoms with Gasteiger partial charge in [0.1, 0.15) is 5.75 Å². The van der Waals surface area contributed by atoms with Crippen LogP contribution in [0.2, 0.25) is 0 Å². The molecule has 0 radical (unpaired) electrons. The summed E-state index contributed by atoms with van der Waals surface area (Å²) in [5.41, 5.74) is 4.25. The van der Waals surface area contributed by atoms with E-state index in [4.69, 9.17) is 4.74 Å². The zero-order chi connectivity index (χ0) is 16.4. The third-order valence-corrected chi connectivity index (χ3v) is 2.69. The van der Waals surface area contributed by atoms with Crippen LogP contribution in [-0.2, 0) is 19.1 Å². The molecule has 118 valence electrons. The average molecular weight is 371 g/mol. The molecule has 0 aliphatic heterocycles. The first-order chi connectivity index (χ1) is 10.5. The fourth-order valence-corrected chi connectivity index (χ4v) is 1.49. The van der Waals surface area contributed by atoms with Gasteiger partial charge in [0.2, 0.25) is 0 Å². The molecule has 0 saturated heterocycles. The number of benzene rings is 1. The Morgan fingerprint density at radius 3 is 2.45 bits per heavy atom. The number of ether oxygens (including phenoxy) is 2. The van der Waals surface area contributed by atoms with Crippen LogP contribution < -0.4 is 15.6 Å². The standard InChI is InChI=1S/C14H15BrN2O5/c1-2-21-14(20)8-7-12(18)16-17-13(19)9-22-11-5-3-10(15)4-6-11/h3-8H,2,9H2,1H3,(H,16,18)(H,17,19)/b8-7+. The van der Waals surface area contributed by atoms with E-state index in [9.17, 15) is 14.4 Å². The summed E-state index contributed by atoms with van der Waals surface area (Å²) in [7, 11) is 0. The van der Waals surface area contributed by atoms with E-state index in [0.29, 0.717) is 5.75 Å². The first kappa shape index (κ1) is 17.7. The van der Waals surface area contributed by atoms with Gasteiger partial charge in [-0.3, -0.25) is 20.4 Å². The van der Waals surface area contributed by atoms with Crippen molar-refractivity contribution >= 4 is 33.7 Å². The molecule has 2 N–H and O–H groups in total. The summed E-state index contributed by atoms with van der Waals surface area (Å²) in [5.74, 6) is -1.32. The molecule has 8 heteroatoms. The molecule has 0 aliphatic rings. The maximum Gasteiger partial charge on any atom is 0.330 e. The number of carbonyl (C=O) groups excluding carboxylic acids is 3. The Kier molecular flexibility index (Phi) is 7.69. The molecule has 0 spiro atoms. The number of halogens is 1. The summed E-state index contributed by atoms with van der Waals surface area (Å²) in [4.78, 5) is 33.7. The van der Waals surface area contributed by atoms with Crippen molar-refractivity contribution in [2.45, 2.75) is 6.92 Å². The number of amides is 2. The van der Waals surface area contributed by atoms with Crippen LogP contribution in [0.1, 0.15) is 6.92 Å². The summed E-state index contributed by atoms with van der Waals surface area (Å²) >= 11 is 3.28. The normalized spacial score (nSPS) is 10.1. The van der Waals surface area contributed by atoms with Gasteiger partial charge in [0, 0.05) is 16.6 Å². The Morgan fingerprint density at radius 2 is 1.82 bits per heavy atom. The summed E-state index contributed by atoms with van der Waals surface area (Å²) in [6.45, 7) is 1.61. The Hall–Kier alpha value is -2.35. The fourth-order valence-electron chi connectivity index (χ4n) is 1.22. The molecule has 2 amide bonds. The van der Waals surface area contributed by atoms with Gasteiger partial charge < -0.3 is 9.47 Å². The number of hydrogen-bond acceptors (Lipinski definition) is 5. The lowest BCUT2D eigenvalue weighted by Crippen LogP contribution is -2.43. The topological polar surface area (TPSA) is 93.7 Å². The maximum atomic E-state index is 11.5. The lowest BCUT2D eigenvalue weighted by atomic mass is 10.3. The van der Waals surface area contributed by atoms with E-state index in [1.165, 1.54) is 0 Å². The van der Waals surface area contributed by atoms with Crippen LogP contribution in [0.5, 0.6) is 5.75 Å². The summed E-state index contributed by atoms with van der Waals surface area (Å²) in [5, 5.41) is 0. The number of hydrogen-bond donors (Lipinski definition) is 2. The van der Waals surface area contributed by atoms with Crippen molar-refractivity contribution in [3.05, 3.63) is 40.9 Å². The smallest absolute Gasteiger partial charge is 0.330 e. The van der Waals surface area contributed by atoms with Crippen molar-refractivity contribution in [1.29, 1.82) is 0 Å². The maximum absolute atomic E-state index is 11.5. The molecular formula is C14H15BrN2O5. The second kappa shape index (κ2) is 9.56. The summed E-state index contributed by atoms with van der Waals surface area (Å²) in [6, 6.07) is 6.93. The van der Waals surface area contributed by atoms with Crippen molar-refractivity contribution in [2.24, 2.45) is 0 Å². The molecule has 0 aliphatic carbocycles. The van der Waals surface area contributed by atoms with E-state index in [1.807, 2.05) is 0 Å². The van der Waals surface area contributed by atoms with Gasteiger partial charge in [0.05, 0.1) is 6.61 Å². The Morgan fingerprint density at radius 1 is 1.14 bits per heavy atom. The lowest BCUT2D eigenvalue weighted by molar-refractivity contribution is -0.137. The van der Waals surface area contributed by atoms with Gasteiger partial charge in [-0.25, -0.2) is 4.79 Å². The van der Waals surface area contributed by atoms with Crippen molar-refractivity contribution in [3.63, 3.8) is 0 Å². The van der Waals surface area contributed by atoms with Crippen molar-refractivity contribution in [3.8, 4) is 5.75 Å². The number of esters is 1. The predicted molar refractivity (Wildman–Crippen MR) is 81.7 cm³/mol. The van der Waals surface area contributed by atoms with Crippen LogP contribution in [-0.4, -0.2) is 31.0 Å². The number of rotatable bonds is 6. The number of hydrazine groups is 1.